The summed E-state index contributed by atoms with van der Waals surface area (Å²) in [5, 5.41) is 30.5. The van der Waals surface area contributed by atoms with Crippen molar-refractivity contribution in [1.82, 2.24) is 4.90 Å². The summed E-state index contributed by atoms with van der Waals surface area (Å²) in [7, 11) is 0. The first-order valence-electron chi connectivity index (χ1n) is 8.64. The van der Waals surface area contributed by atoms with Crippen molar-refractivity contribution in [3.05, 3.63) is 60.2 Å². The van der Waals surface area contributed by atoms with Gasteiger partial charge in [0.1, 0.15) is 18.1 Å². The third kappa shape index (κ3) is 4.72. The van der Waals surface area contributed by atoms with Crippen molar-refractivity contribution in [2.75, 3.05) is 26.2 Å². The molecule has 3 rings (SSSR count). The van der Waals surface area contributed by atoms with E-state index >= 15 is 0 Å². The Morgan fingerprint density at radius 3 is 2.48 bits per heavy atom. The molecule has 3 N–H and O–H groups in total. The minimum absolute atomic E-state index is 0.212. The number of ether oxygens (including phenoxy) is 1. The van der Waals surface area contributed by atoms with Crippen LogP contribution in [0.3, 0.4) is 0 Å². The summed E-state index contributed by atoms with van der Waals surface area (Å²) < 4.78 is 5.65. The van der Waals surface area contributed by atoms with Crippen LogP contribution in [0.1, 0.15) is 12.0 Å². The Kier molecular flexibility index (Phi) is 5.58. The van der Waals surface area contributed by atoms with E-state index in [1.165, 1.54) is 0 Å². The molecule has 1 fully saturated rings. The number of phenols is 1. The predicted molar refractivity (Wildman–Crippen MR) is 95.8 cm³/mol. The normalized spacial score (nSPS) is 24.2. The van der Waals surface area contributed by atoms with E-state index in [1.807, 2.05) is 30.3 Å². The van der Waals surface area contributed by atoms with Gasteiger partial charge in [-0.25, -0.2) is 0 Å². The third-order valence-corrected chi connectivity index (χ3v) is 4.78. The number of β-amino-alcohol motifs (C(OH)–C–C–N with tert-alkyl or cyclic N) is 1. The zero-order valence-corrected chi connectivity index (χ0v) is 14.2. The van der Waals surface area contributed by atoms with Crippen LogP contribution >= 0.6 is 0 Å². The summed E-state index contributed by atoms with van der Waals surface area (Å²) >= 11 is 0. The van der Waals surface area contributed by atoms with Crippen LogP contribution in [-0.4, -0.2) is 58.2 Å². The monoisotopic (exact) mass is 343 g/mol. The van der Waals surface area contributed by atoms with E-state index in [4.69, 9.17) is 4.74 Å². The lowest BCUT2D eigenvalue weighted by Gasteiger charge is -2.42. The van der Waals surface area contributed by atoms with Crippen molar-refractivity contribution in [3.63, 3.8) is 0 Å². The zero-order valence-electron chi connectivity index (χ0n) is 14.2. The highest BCUT2D eigenvalue weighted by Gasteiger charge is 2.40. The highest BCUT2D eigenvalue weighted by Crippen LogP contribution is 2.27. The van der Waals surface area contributed by atoms with E-state index in [0.717, 1.165) is 12.1 Å². The molecular weight excluding hydrogens is 318 g/mol. The lowest BCUT2D eigenvalue weighted by atomic mass is 9.83. The van der Waals surface area contributed by atoms with Gasteiger partial charge in [0.2, 0.25) is 0 Å². The number of aromatic hydroxyl groups is 1. The molecule has 0 saturated carbocycles. The van der Waals surface area contributed by atoms with Crippen LogP contribution < -0.4 is 4.74 Å². The summed E-state index contributed by atoms with van der Waals surface area (Å²) in [4.78, 5) is 2.10. The number of nitrogens with zero attached hydrogens (tertiary/aromatic N) is 1. The average Bonchev–Trinajstić information content (AvgIpc) is 2.61. The van der Waals surface area contributed by atoms with Crippen molar-refractivity contribution in [2.24, 2.45) is 0 Å². The number of piperidine rings is 1. The largest absolute Gasteiger partial charge is 0.508 e. The molecule has 2 atom stereocenters. The van der Waals surface area contributed by atoms with Crippen molar-refractivity contribution in [1.29, 1.82) is 0 Å². The molecule has 25 heavy (non-hydrogen) atoms. The molecule has 2 aromatic rings. The Morgan fingerprint density at radius 1 is 1.08 bits per heavy atom. The standard InChI is InChI=1S/C20H25NO4/c22-17-6-8-18(9-7-17)25-13-12-21-11-10-20(24,19(23)15-21)14-16-4-2-1-3-5-16/h1-9,19,22-24H,10-15H2/t19-,20+/m0/s1. The fourth-order valence-electron chi connectivity index (χ4n) is 3.22. The molecule has 0 aliphatic carbocycles. The summed E-state index contributed by atoms with van der Waals surface area (Å²) in [6, 6.07) is 16.4. The van der Waals surface area contributed by atoms with Gasteiger partial charge in [0, 0.05) is 26.1 Å². The molecule has 0 radical (unpaired) electrons. The van der Waals surface area contributed by atoms with E-state index in [2.05, 4.69) is 4.90 Å². The number of rotatable bonds is 6. The molecule has 1 aliphatic heterocycles. The Labute approximate surface area is 148 Å². The molecule has 134 valence electrons. The van der Waals surface area contributed by atoms with Gasteiger partial charge in [-0.05, 0) is 36.2 Å². The molecule has 5 nitrogen and oxygen atoms in total. The Hall–Kier alpha value is -2.08. The van der Waals surface area contributed by atoms with Gasteiger partial charge in [-0.15, -0.1) is 0 Å². The molecule has 0 unspecified atom stereocenters. The van der Waals surface area contributed by atoms with Crippen molar-refractivity contribution in [3.8, 4) is 11.5 Å². The third-order valence-electron chi connectivity index (χ3n) is 4.78. The first-order chi connectivity index (χ1) is 12.0. The number of hydrogen-bond donors (Lipinski definition) is 3. The van der Waals surface area contributed by atoms with Gasteiger partial charge in [0.05, 0.1) is 11.7 Å². The number of hydrogen-bond acceptors (Lipinski definition) is 5. The van der Waals surface area contributed by atoms with Crippen molar-refractivity contribution in [2.45, 2.75) is 24.5 Å². The van der Waals surface area contributed by atoms with Crippen molar-refractivity contribution >= 4 is 0 Å². The van der Waals surface area contributed by atoms with Crippen molar-refractivity contribution < 1.29 is 20.1 Å². The molecule has 1 heterocycles. The quantitative estimate of drug-likeness (QED) is 0.746. The maximum atomic E-state index is 10.8. The lowest BCUT2D eigenvalue weighted by molar-refractivity contribution is -0.119. The topological polar surface area (TPSA) is 73.2 Å². The molecule has 2 aromatic carbocycles. The molecular formula is C20H25NO4. The van der Waals surface area contributed by atoms with E-state index in [9.17, 15) is 15.3 Å². The van der Waals surface area contributed by atoms with E-state index in [-0.39, 0.29) is 5.75 Å². The minimum atomic E-state index is -1.07. The molecule has 1 aliphatic rings. The first-order valence-corrected chi connectivity index (χ1v) is 8.64. The van der Waals surface area contributed by atoms with E-state index in [1.54, 1.807) is 24.3 Å². The van der Waals surface area contributed by atoms with Crippen LogP contribution in [0.15, 0.2) is 54.6 Å². The second kappa shape index (κ2) is 7.87. The van der Waals surface area contributed by atoms with Gasteiger partial charge in [-0.3, -0.25) is 4.90 Å². The zero-order chi connectivity index (χ0) is 17.7. The van der Waals surface area contributed by atoms with Crippen LogP contribution in [0, 0.1) is 0 Å². The highest BCUT2D eigenvalue weighted by atomic mass is 16.5. The fourth-order valence-corrected chi connectivity index (χ4v) is 3.22. The summed E-state index contributed by atoms with van der Waals surface area (Å²) in [6.07, 6.45) is 0.213. The van der Waals surface area contributed by atoms with Gasteiger partial charge in [-0.2, -0.15) is 0 Å². The maximum Gasteiger partial charge on any atom is 0.119 e. The van der Waals surface area contributed by atoms with Gasteiger partial charge in [-0.1, -0.05) is 30.3 Å². The van der Waals surface area contributed by atoms with Crippen LogP contribution in [0.25, 0.3) is 0 Å². The molecule has 0 spiro atoms. The van der Waals surface area contributed by atoms with Crippen LogP contribution in [0.4, 0.5) is 0 Å². The minimum Gasteiger partial charge on any atom is -0.508 e. The molecule has 0 bridgehead atoms. The summed E-state index contributed by atoms with van der Waals surface area (Å²) in [5.41, 5.74) is -0.0384. The predicted octanol–water partition coefficient (Wildman–Crippen LogP) is 1.81. The second-order valence-electron chi connectivity index (χ2n) is 6.67. The Morgan fingerprint density at radius 2 is 1.80 bits per heavy atom. The second-order valence-corrected chi connectivity index (χ2v) is 6.67. The molecule has 0 aromatic heterocycles. The number of aliphatic hydroxyl groups excluding tert-OH is 1. The summed E-state index contributed by atoms with van der Waals surface area (Å²) in [6.45, 7) is 2.33. The Balaban J connectivity index is 1.47. The van der Waals surface area contributed by atoms with E-state index in [0.29, 0.717) is 38.3 Å². The Bertz CT molecular complexity index is 661. The molecule has 1 saturated heterocycles. The van der Waals surface area contributed by atoms with Gasteiger partial charge >= 0.3 is 0 Å². The number of aliphatic hydroxyl groups is 2. The molecule has 0 amide bonds. The van der Waals surface area contributed by atoms with Gasteiger partial charge < -0.3 is 20.1 Å². The maximum absolute atomic E-state index is 10.8. The number of likely N-dealkylation sites (tertiary alicyclic amines) is 1. The lowest BCUT2D eigenvalue weighted by Crippen LogP contribution is -2.57. The van der Waals surface area contributed by atoms with Crippen LogP contribution in [0.2, 0.25) is 0 Å². The van der Waals surface area contributed by atoms with Gasteiger partial charge in [0.25, 0.3) is 0 Å². The van der Waals surface area contributed by atoms with E-state index < -0.39 is 11.7 Å². The number of phenolic OH excluding ortho intramolecular Hbond substituents is 1. The average molecular weight is 343 g/mol. The molecule has 5 heteroatoms. The fraction of sp³-hybridized carbons (Fsp3) is 0.400. The van der Waals surface area contributed by atoms with Gasteiger partial charge in [0.15, 0.2) is 0 Å². The van der Waals surface area contributed by atoms with Crippen LogP contribution in [0.5, 0.6) is 11.5 Å². The van der Waals surface area contributed by atoms with Crippen LogP contribution in [-0.2, 0) is 6.42 Å². The SMILES string of the molecule is Oc1ccc(OCCN2CC[C@@](O)(Cc3ccccc3)[C@@H](O)C2)cc1. The number of benzene rings is 2. The summed E-state index contributed by atoms with van der Waals surface area (Å²) in [5.74, 6) is 0.917. The highest BCUT2D eigenvalue weighted by molar-refractivity contribution is 5.30. The smallest absolute Gasteiger partial charge is 0.119 e. The first kappa shape index (κ1) is 17.7.